The first-order valence-electron chi connectivity index (χ1n) is 7.17. The SMILES string of the molecule is Cc1c(C(=O)CCN2CCOCC2)oc2ccc(F)cc12. The van der Waals surface area contributed by atoms with Crippen LogP contribution in [0, 0.1) is 12.7 Å². The highest BCUT2D eigenvalue weighted by Gasteiger charge is 2.19. The number of ether oxygens (including phenoxy) is 1. The van der Waals surface area contributed by atoms with E-state index in [1.165, 1.54) is 12.1 Å². The molecular formula is C16H18FNO3. The smallest absolute Gasteiger partial charge is 0.199 e. The number of Topliss-reactive ketones (excluding diaryl/α,β-unsaturated/α-hetero) is 1. The van der Waals surface area contributed by atoms with Gasteiger partial charge in [0.2, 0.25) is 0 Å². The number of aryl methyl sites for hydroxylation is 1. The van der Waals surface area contributed by atoms with E-state index in [4.69, 9.17) is 9.15 Å². The molecule has 0 spiro atoms. The number of rotatable bonds is 4. The summed E-state index contributed by atoms with van der Waals surface area (Å²) in [5, 5.41) is 0.671. The van der Waals surface area contributed by atoms with Gasteiger partial charge >= 0.3 is 0 Å². The molecule has 0 radical (unpaired) electrons. The van der Waals surface area contributed by atoms with E-state index >= 15 is 0 Å². The lowest BCUT2D eigenvalue weighted by Gasteiger charge is -2.25. The molecule has 0 bridgehead atoms. The Morgan fingerprint density at radius 2 is 2.10 bits per heavy atom. The number of fused-ring (bicyclic) bond motifs is 1. The van der Waals surface area contributed by atoms with Gasteiger partial charge in [-0.25, -0.2) is 4.39 Å². The Kier molecular flexibility index (Phi) is 4.03. The molecule has 0 amide bonds. The van der Waals surface area contributed by atoms with Gasteiger partial charge in [-0.3, -0.25) is 9.69 Å². The van der Waals surface area contributed by atoms with Crippen molar-refractivity contribution in [3.05, 3.63) is 35.3 Å². The van der Waals surface area contributed by atoms with Crippen molar-refractivity contribution in [1.82, 2.24) is 4.90 Å². The van der Waals surface area contributed by atoms with Gasteiger partial charge in [0.25, 0.3) is 0 Å². The highest BCUT2D eigenvalue weighted by atomic mass is 19.1. The van der Waals surface area contributed by atoms with Crippen molar-refractivity contribution in [1.29, 1.82) is 0 Å². The van der Waals surface area contributed by atoms with E-state index in [2.05, 4.69) is 4.90 Å². The summed E-state index contributed by atoms with van der Waals surface area (Å²) in [4.78, 5) is 14.5. The third-order valence-electron chi connectivity index (χ3n) is 3.91. The minimum absolute atomic E-state index is 0.0319. The van der Waals surface area contributed by atoms with Gasteiger partial charge in [-0.1, -0.05) is 0 Å². The van der Waals surface area contributed by atoms with Crippen molar-refractivity contribution >= 4 is 16.8 Å². The van der Waals surface area contributed by atoms with Crippen molar-refractivity contribution in [3.8, 4) is 0 Å². The molecule has 1 aromatic carbocycles. The maximum atomic E-state index is 13.3. The molecule has 21 heavy (non-hydrogen) atoms. The number of hydrogen-bond acceptors (Lipinski definition) is 4. The fraction of sp³-hybridized carbons (Fsp3) is 0.438. The molecule has 1 aliphatic heterocycles. The average molecular weight is 291 g/mol. The molecule has 5 heteroatoms. The Labute approximate surface area is 122 Å². The Bertz CT molecular complexity index is 659. The van der Waals surface area contributed by atoms with Crippen LogP contribution in [0.3, 0.4) is 0 Å². The van der Waals surface area contributed by atoms with Gasteiger partial charge in [0, 0.05) is 37.0 Å². The molecule has 0 aliphatic carbocycles. The summed E-state index contributed by atoms with van der Waals surface area (Å²) in [5.41, 5.74) is 1.28. The monoisotopic (exact) mass is 291 g/mol. The molecule has 2 aromatic rings. The molecule has 0 unspecified atom stereocenters. The first-order valence-corrected chi connectivity index (χ1v) is 7.17. The Hall–Kier alpha value is -1.72. The summed E-state index contributed by atoms with van der Waals surface area (Å²) in [7, 11) is 0. The fourth-order valence-electron chi connectivity index (χ4n) is 2.66. The first-order chi connectivity index (χ1) is 10.1. The van der Waals surface area contributed by atoms with Crippen LogP contribution in [0.2, 0.25) is 0 Å². The lowest BCUT2D eigenvalue weighted by molar-refractivity contribution is 0.0368. The highest BCUT2D eigenvalue weighted by Crippen LogP contribution is 2.26. The molecular weight excluding hydrogens is 273 g/mol. The van der Waals surface area contributed by atoms with Crippen LogP contribution in [0.15, 0.2) is 22.6 Å². The zero-order valence-corrected chi connectivity index (χ0v) is 12.0. The zero-order valence-electron chi connectivity index (χ0n) is 12.0. The maximum Gasteiger partial charge on any atom is 0.199 e. The van der Waals surface area contributed by atoms with Crippen LogP contribution in [0.1, 0.15) is 22.5 Å². The summed E-state index contributed by atoms with van der Waals surface area (Å²) >= 11 is 0. The van der Waals surface area contributed by atoms with E-state index in [9.17, 15) is 9.18 Å². The summed E-state index contributed by atoms with van der Waals surface area (Å²) in [6, 6.07) is 4.32. The van der Waals surface area contributed by atoms with Gasteiger partial charge in [0.1, 0.15) is 11.4 Å². The summed E-state index contributed by atoms with van der Waals surface area (Å²) < 4.78 is 24.1. The molecule has 0 atom stereocenters. The predicted octanol–water partition coefficient (Wildman–Crippen LogP) is 2.79. The number of carbonyl (C=O) groups is 1. The number of furan rings is 1. The van der Waals surface area contributed by atoms with Crippen molar-refractivity contribution in [2.45, 2.75) is 13.3 Å². The van der Waals surface area contributed by atoms with Crippen LogP contribution in [-0.4, -0.2) is 43.5 Å². The van der Waals surface area contributed by atoms with E-state index < -0.39 is 0 Å². The molecule has 112 valence electrons. The maximum absolute atomic E-state index is 13.3. The number of morpholine rings is 1. The Morgan fingerprint density at radius 3 is 2.86 bits per heavy atom. The van der Waals surface area contributed by atoms with Crippen LogP contribution in [0.5, 0.6) is 0 Å². The molecule has 1 saturated heterocycles. The van der Waals surface area contributed by atoms with Gasteiger partial charge in [-0.15, -0.1) is 0 Å². The van der Waals surface area contributed by atoms with Gasteiger partial charge in [-0.2, -0.15) is 0 Å². The van der Waals surface area contributed by atoms with E-state index in [1.807, 2.05) is 0 Å². The van der Waals surface area contributed by atoms with Crippen LogP contribution < -0.4 is 0 Å². The molecule has 1 aliphatic rings. The van der Waals surface area contributed by atoms with Crippen LogP contribution in [-0.2, 0) is 4.74 Å². The van der Waals surface area contributed by atoms with E-state index in [0.29, 0.717) is 29.7 Å². The predicted molar refractivity (Wildman–Crippen MR) is 77.1 cm³/mol. The Morgan fingerprint density at radius 1 is 1.33 bits per heavy atom. The highest BCUT2D eigenvalue weighted by molar-refractivity contribution is 6.00. The van der Waals surface area contributed by atoms with Crippen LogP contribution >= 0.6 is 0 Å². The van der Waals surface area contributed by atoms with Crippen LogP contribution in [0.25, 0.3) is 11.0 Å². The standard InChI is InChI=1S/C16H18FNO3/c1-11-13-10-12(17)2-3-15(13)21-16(11)14(19)4-5-18-6-8-20-9-7-18/h2-3,10H,4-9H2,1H3. The van der Waals surface area contributed by atoms with E-state index in [-0.39, 0.29) is 11.6 Å². The minimum atomic E-state index is -0.321. The van der Waals surface area contributed by atoms with Crippen molar-refractivity contribution < 1.29 is 18.3 Å². The zero-order chi connectivity index (χ0) is 14.8. The molecule has 1 fully saturated rings. The molecule has 2 heterocycles. The second-order valence-corrected chi connectivity index (χ2v) is 5.32. The van der Waals surface area contributed by atoms with Crippen molar-refractivity contribution in [2.75, 3.05) is 32.8 Å². The van der Waals surface area contributed by atoms with E-state index in [0.717, 1.165) is 31.9 Å². The number of nitrogens with zero attached hydrogens (tertiary/aromatic N) is 1. The lowest BCUT2D eigenvalue weighted by atomic mass is 10.1. The first kappa shape index (κ1) is 14.2. The van der Waals surface area contributed by atoms with Crippen LogP contribution in [0.4, 0.5) is 4.39 Å². The van der Waals surface area contributed by atoms with Gasteiger partial charge in [-0.05, 0) is 25.1 Å². The number of halogens is 1. The summed E-state index contributed by atoms with van der Waals surface area (Å²) in [6.07, 6.45) is 0.406. The second-order valence-electron chi connectivity index (χ2n) is 5.32. The van der Waals surface area contributed by atoms with Crippen molar-refractivity contribution in [3.63, 3.8) is 0 Å². The van der Waals surface area contributed by atoms with Gasteiger partial charge < -0.3 is 9.15 Å². The number of benzene rings is 1. The topological polar surface area (TPSA) is 42.7 Å². The molecule has 1 aromatic heterocycles. The van der Waals surface area contributed by atoms with E-state index in [1.54, 1.807) is 13.0 Å². The molecule has 4 nitrogen and oxygen atoms in total. The minimum Gasteiger partial charge on any atom is -0.453 e. The number of carbonyl (C=O) groups excluding carboxylic acids is 1. The third-order valence-corrected chi connectivity index (χ3v) is 3.91. The number of hydrogen-bond donors (Lipinski definition) is 0. The molecule has 0 N–H and O–H groups in total. The van der Waals surface area contributed by atoms with Gasteiger partial charge in [0.05, 0.1) is 13.2 Å². The lowest BCUT2D eigenvalue weighted by Crippen LogP contribution is -2.37. The summed E-state index contributed by atoms with van der Waals surface area (Å²) in [5.74, 6) is -0.00169. The molecule has 3 rings (SSSR count). The summed E-state index contributed by atoms with van der Waals surface area (Å²) in [6.45, 7) is 5.66. The van der Waals surface area contributed by atoms with Crippen molar-refractivity contribution in [2.24, 2.45) is 0 Å². The third kappa shape index (κ3) is 2.99. The fourth-order valence-corrected chi connectivity index (χ4v) is 2.66. The second kappa shape index (κ2) is 5.95. The van der Waals surface area contributed by atoms with Gasteiger partial charge in [0.15, 0.2) is 11.5 Å². The average Bonchev–Trinajstić information content (AvgIpc) is 2.83. The number of ketones is 1. The quantitative estimate of drug-likeness (QED) is 0.812. The molecule has 0 saturated carbocycles. The normalized spacial score (nSPS) is 16.5. The largest absolute Gasteiger partial charge is 0.453 e. The Balaban J connectivity index is 1.73.